The van der Waals surface area contributed by atoms with Crippen LogP contribution in [0.25, 0.3) is 0 Å². The molecule has 1 aromatic carbocycles. The molecule has 0 amide bonds. The van der Waals surface area contributed by atoms with Crippen LogP contribution in [0.4, 0.5) is 0 Å². The smallest absolute Gasteiger partial charge is 0.122 e. The molecule has 0 radical (unpaired) electrons. The van der Waals surface area contributed by atoms with Crippen molar-refractivity contribution in [3.05, 3.63) is 29.8 Å². The highest BCUT2D eigenvalue weighted by molar-refractivity contribution is 5.94. The van der Waals surface area contributed by atoms with Gasteiger partial charge in [0.15, 0.2) is 0 Å². The molecule has 0 aromatic heterocycles. The van der Waals surface area contributed by atoms with E-state index in [0.29, 0.717) is 12.2 Å². The van der Waals surface area contributed by atoms with Crippen LogP contribution in [0.2, 0.25) is 0 Å². The Balaban J connectivity index is 2.21. The van der Waals surface area contributed by atoms with Crippen molar-refractivity contribution < 1.29 is 9.47 Å². The van der Waals surface area contributed by atoms with Crippen LogP contribution >= 0.6 is 0 Å². The fraction of sp³-hybridized carbons (Fsp3) is 0.533. The molecule has 0 saturated heterocycles. The maximum absolute atomic E-state index is 7.31. The van der Waals surface area contributed by atoms with E-state index in [0.717, 1.165) is 25.4 Å². The van der Waals surface area contributed by atoms with Crippen LogP contribution in [0.15, 0.2) is 24.3 Å². The molecule has 5 nitrogen and oxygen atoms in total. The second kappa shape index (κ2) is 8.55. The summed E-state index contributed by atoms with van der Waals surface area (Å²) in [4.78, 5) is 2.17. The van der Waals surface area contributed by atoms with Crippen molar-refractivity contribution in [3.8, 4) is 5.75 Å². The summed E-state index contributed by atoms with van der Waals surface area (Å²) in [6.07, 6.45) is 0.277. The van der Waals surface area contributed by atoms with Crippen LogP contribution in [0.1, 0.15) is 19.4 Å². The van der Waals surface area contributed by atoms with Crippen molar-refractivity contribution in [2.75, 3.05) is 33.4 Å². The van der Waals surface area contributed by atoms with E-state index in [1.165, 1.54) is 0 Å². The fourth-order valence-electron chi connectivity index (χ4n) is 1.61. The van der Waals surface area contributed by atoms with Crippen LogP contribution in [-0.2, 0) is 4.74 Å². The van der Waals surface area contributed by atoms with Gasteiger partial charge in [0, 0.05) is 18.7 Å². The molecule has 0 aliphatic carbocycles. The van der Waals surface area contributed by atoms with Crippen LogP contribution in [-0.4, -0.2) is 50.2 Å². The van der Waals surface area contributed by atoms with Gasteiger partial charge in [0.2, 0.25) is 0 Å². The molecule has 0 unspecified atom stereocenters. The maximum atomic E-state index is 7.31. The molecule has 5 heteroatoms. The zero-order valence-corrected chi connectivity index (χ0v) is 12.6. The molecule has 0 bridgehead atoms. The van der Waals surface area contributed by atoms with E-state index in [9.17, 15) is 0 Å². The topological polar surface area (TPSA) is 71.6 Å². The van der Waals surface area contributed by atoms with Gasteiger partial charge in [-0.05, 0) is 45.2 Å². The Kier molecular flexibility index (Phi) is 7.04. The number of nitrogens with two attached hydrogens (primary N) is 1. The molecule has 1 rings (SSSR count). The van der Waals surface area contributed by atoms with Crippen molar-refractivity contribution in [3.63, 3.8) is 0 Å². The molecule has 0 saturated carbocycles. The van der Waals surface area contributed by atoms with Gasteiger partial charge in [-0.25, -0.2) is 0 Å². The van der Waals surface area contributed by atoms with Crippen LogP contribution in [0, 0.1) is 5.41 Å². The average Bonchev–Trinajstić information content (AvgIpc) is 2.39. The minimum Gasteiger partial charge on any atom is -0.492 e. The first kappa shape index (κ1) is 16.5. The lowest BCUT2D eigenvalue weighted by Gasteiger charge is -2.17. The quantitative estimate of drug-likeness (QED) is 0.533. The first-order valence-electron chi connectivity index (χ1n) is 6.86. The minimum absolute atomic E-state index is 0.0708. The average molecular weight is 279 g/mol. The van der Waals surface area contributed by atoms with E-state index in [-0.39, 0.29) is 11.9 Å². The first-order valence-corrected chi connectivity index (χ1v) is 6.86. The number of nitrogen functional groups attached to an aromatic ring is 1. The van der Waals surface area contributed by atoms with Gasteiger partial charge in [-0.2, -0.15) is 0 Å². The minimum atomic E-state index is 0.0708. The maximum Gasteiger partial charge on any atom is 0.122 e. The zero-order chi connectivity index (χ0) is 15.0. The number of likely N-dealkylation sites (N-methyl/N-ethyl adjacent to an activating group) is 1. The Morgan fingerprint density at radius 1 is 1.20 bits per heavy atom. The third kappa shape index (κ3) is 6.54. The Hall–Kier alpha value is -1.59. The number of nitrogens with zero attached hydrogens (tertiary/aromatic N) is 1. The van der Waals surface area contributed by atoms with Crippen molar-refractivity contribution >= 4 is 5.84 Å². The number of ether oxygens (including phenoxy) is 2. The molecule has 0 atom stereocenters. The largest absolute Gasteiger partial charge is 0.492 e. The lowest BCUT2D eigenvalue weighted by Crippen LogP contribution is -2.28. The summed E-state index contributed by atoms with van der Waals surface area (Å²) in [6, 6.07) is 7.24. The summed E-state index contributed by atoms with van der Waals surface area (Å²) in [5.41, 5.74) is 6.10. The standard InChI is InChI=1S/C15H25N3O2/c1-12(2)19-10-8-18(3)9-11-20-14-6-4-13(5-7-14)15(16)17/h4-7,12H,8-11H2,1-3H3,(H3,16,17). The Morgan fingerprint density at radius 2 is 1.80 bits per heavy atom. The zero-order valence-electron chi connectivity index (χ0n) is 12.6. The lowest BCUT2D eigenvalue weighted by molar-refractivity contribution is 0.0616. The van der Waals surface area contributed by atoms with E-state index in [1.54, 1.807) is 12.1 Å². The second-order valence-corrected chi connectivity index (χ2v) is 5.01. The normalized spacial score (nSPS) is 11.1. The molecule has 0 spiro atoms. The summed E-state index contributed by atoms with van der Waals surface area (Å²) in [6.45, 7) is 7.17. The first-order chi connectivity index (χ1) is 9.49. The molecule has 3 N–H and O–H groups in total. The number of nitrogens with one attached hydrogen (secondary N) is 1. The van der Waals surface area contributed by atoms with Gasteiger partial charge < -0.3 is 20.1 Å². The SMILES string of the molecule is CC(C)OCCN(C)CCOc1ccc(C(=N)N)cc1. The molecule has 0 heterocycles. The molecule has 0 aliphatic rings. The molecular weight excluding hydrogens is 254 g/mol. The summed E-state index contributed by atoms with van der Waals surface area (Å²) < 4.78 is 11.1. The van der Waals surface area contributed by atoms with E-state index in [1.807, 2.05) is 33.0 Å². The van der Waals surface area contributed by atoms with E-state index in [2.05, 4.69) is 4.90 Å². The van der Waals surface area contributed by atoms with Crippen molar-refractivity contribution in [1.82, 2.24) is 4.90 Å². The van der Waals surface area contributed by atoms with Crippen LogP contribution < -0.4 is 10.5 Å². The van der Waals surface area contributed by atoms with Crippen molar-refractivity contribution in [1.29, 1.82) is 5.41 Å². The summed E-state index contributed by atoms with van der Waals surface area (Å²) >= 11 is 0. The predicted molar refractivity (Wildman–Crippen MR) is 81.5 cm³/mol. The van der Waals surface area contributed by atoms with Crippen LogP contribution in [0.3, 0.4) is 0 Å². The van der Waals surface area contributed by atoms with E-state index >= 15 is 0 Å². The van der Waals surface area contributed by atoms with Gasteiger partial charge in [0.05, 0.1) is 12.7 Å². The number of rotatable bonds is 9. The van der Waals surface area contributed by atoms with Gasteiger partial charge in [0.25, 0.3) is 0 Å². The number of hydrogen-bond acceptors (Lipinski definition) is 4. The highest BCUT2D eigenvalue weighted by Gasteiger charge is 2.01. The van der Waals surface area contributed by atoms with E-state index in [4.69, 9.17) is 20.6 Å². The molecule has 20 heavy (non-hydrogen) atoms. The molecular formula is C15H25N3O2. The van der Waals surface area contributed by atoms with Gasteiger partial charge in [-0.3, -0.25) is 5.41 Å². The lowest BCUT2D eigenvalue weighted by atomic mass is 10.2. The molecule has 0 aliphatic heterocycles. The van der Waals surface area contributed by atoms with Gasteiger partial charge in [0.1, 0.15) is 18.2 Å². The van der Waals surface area contributed by atoms with Gasteiger partial charge >= 0.3 is 0 Å². The van der Waals surface area contributed by atoms with Gasteiger partial charge in [-0.1, -0.05) is 0 Å². The monoisotopic (exact) mass is 279 g/mol. The Labute approximate surface area is 121 Å². The van der Waals surface area contributed by atoms with Crippen LogP contribution in [0.5, 0.6) is 5.75 Å². The van der Waals surface area contributed by atoms with Crippen molar-refractivity contribution in [2.24, 2.45) is 5.73 Å². The second-order valence-electron chi connectivity index (χ2n) is 5.01. The molecule has 0 fully saturated rings. The molecule has 112 valence electrons. The highest BCUT2D eigenvalue weighted by Crippen LogP contribution is 2.11. The van der Waals surface area contributed by atoms with Gasteiger partial charge in [-0.15, -0.1) is 0 Å². The Morgan fingerprint density at radius 3 is 2.35 bits per heavy atom. The third-order valence-electron chi connectivity index (χ3n) is 2.83. The predicted octanol–water partition coefficient (Wildman–Crippen LogP) is 1.71. The number of amidine groups is 1. The summed E-state index contributed by atoms with van der Waals surface area (Å²) in [5, 5.41) is 7.31. The summed E-state index contributed by atoms with van der Waals surface area (Å²) in [7, 11) is 2.05. The van der Waals surface area contributed by atoms with E-state index < -0.39 is 0 Å². The summed E-state index contributed by atoms with van der Waals surface area (Å²) in [5.74, 6) is 0.864. The molecule has 1 aromatic rings. The van der Waals surface area contributed by atoms with Crippen molar-refractivity contribution in [2.45, 2.75) is 20.0 Å². The third-order valence-corrected chi connectivity index (χ3v) is 2.83. The highest BCUT2D eigenvalue weighted by atomic mass is 16.5. The Bertz CT molecular complexity index is 404. The number of benzene rings is 1. The number of hydrogen-bond donors (Lipinski definition) is 2. The fourth-order valence-corrected chi connectivity index (χ4v) is 1.61.